The summed E-state index contributed by atoms with van der Waals surface area (Å²) in [5, 5.41) is 0. The van der Waals surface area contributed by atoms with Gasteiger partial charge in [0.25, 0.3) is 0 Å². The van der Waals surface area contributed by atoms with E-state index in [0.29, 0.717) is 11.8 Å². The molecule has 0 fully saturated rings. The zero-order chi connectivity index (χ0) is 13.9. The van der Waals surface area contributed by atoms with Crippen molar-refractivity contribution in [1.82, 2.24) is 4.98 Å². The molecule has 0 spiro atoms. The topological polar surface area (TPSA) is 22.1 Å². The first kappa shape index (κ1) is 13.9. The average molecular weight is 276 g/mol. The Labute approximate surface area is 119 Å². The molecule has 0 aliphatic carbocycles. The van der Waals surface area contributed by atoms with Crippen LogP contribution in [0.3, 0.4) is 0 Å². The Morgan fingerprint density at radius 3 is 2.42 bits per heavy atom. The number of hydrogen-bond acceptors (Lipinski definition) is 2. The van der Waals surface area contributed by atoms with Crippen LogP contribution in [0.1, 0.15) is 31.9 Å². The summed E-state index contributed by atoms with van der Waals surface area (Å²) in [6.07, 6.45) is 1.74. The van der Waals surface area contributed by atoms with Crippen LogP contribution in [0.2, 0.25) is 0 Å². The van der Waals surface area contributed by atoms with Crippen molar-refractivity contribution < 1.29 is 4.74 Å². The summed E-state index contributed by atoms with van der Waals surface area (Å²) in [5.74, 6) is 1.90. The first-order valence-electron chi connectivity index (χ1n) is 6.29. The van der Waals surface area contributed by atoms with Crippen LogP contribution in [0.5, 0.6) is 11.6 Å². The monoisotopic (exact) mass is 275 g/mol. The lowest BCUT2D eigenvalue weighted by molar-refractivity contribution is 0.439. The van der Waals surface area contributed by atoms with Crippen LogP contribution in [-0.2, 0) is 11.3 Å². The predicted octanol–water partition coefficient (Wildman–Crippen LogP) is 4.91. The zero-order valence-electron chi connectivity index (χ0n) is 11.5. The van der Waals surface area contributed by atoms with Gasteiger partial charge in [-0.25, -0.2) is 4.98 Å². The molecule has 0 aliphatic heterocycles. The molecule has 0 bridgehead atoms. The molecule has 100 valence electrons. The van der Waals surface area contributed by atoms with Crippen molar-refractivity contribution in [2.45, 2.75) is 32.1 Å². The fourth-order valence-corrected chi connectivity index (χ4v) is 2.00. The number of rotatable bonds is 3. The maximum absolute atomic E-state index is 5.88. The van der Waals surface area contributed by atoms with Gasteiger partial charge in [-0.05, 0) is 17.0 Å². The van der Waals surface area contributed by atoms with Crippen LogP contribution in [0, 0.1) is 0 Å². The molecule has 2 aromatic rings. The van der Waals surface area contributed by atoms with Gasteiger partial charge in [0.15, 0.2) is 0 Å². The SMILES string of the molecule is CC(C)(C)c1ccccc1Oc1ccc(CCl)cn1. The molecule has 0 aliphatic rings. The molecule has 19 heavy (non-hydrogen) atoms. The lowest BCUT2D eigenvalue weighted by Gasteiger charge is -2.22. The summed E-state index contributed by atoms with van der Waals surface area (Å²) in [5.41, 5.74) is 2.18. The smallest absolute Gasteiger partial charge is 0.219 e. The van der Waals surface area contributed by atoms with Crippen LogP contribution in [0.4, 0.5) is 0 Å². The molecule has 0 atom stereocenters. The van der Waals surface area contributed by atoms with Gasteiger partial charge in [0.1, 0.15) is 5.75 Å². The van der Waals surface area contributed by atoms with E-state index in [1.165, 1.54) is 5.56 Å². The minimum Gasteiger partial charge on any atom is -0.439 e. The molecule has 0 N–H and O–H groups in total. The van der Waals surface area contributed by atoms with Gasteiger partial charge >= 0.3 is 0 Å². The minimum atomic E-state index is 0.0344. The van der Waals surface area contributed by atoms with Gasteiger partial charge in [-0.15, -0.1) is 11.6 Å². The Hall–Kier alpha value is -1.54. The number of para-hydroxylation sites is 1. The van der Waals surface area contributed by atoms with E-state index in [9.17, 15) is 0 Å². The fourth-order valence-electron chi connectivity index (χ4n) is 1.84. The Morgan fingerprint density at radius 1 is 1.11 bits per heavy atom. The Kier molecular flexibility index (Phi) is 4.11. The number of alkyl halides is 1. The van der Waals surface area contributed by atoms with E-state index in [-0.39, 0.29) is 5.41 Å². The van der Waals surface area contributed by atoms with Crippen LogP contribution in [-0.4, -0.2) is 4.98 Å². The highest BCUT2D eigenvalue weighted by molar-refractivity contribution is 6.17. The maximum Gasteiger partial charge on any atom is 0.219 e. The molecule has 0 saturated carbocycles. The van der Waals surface area contributed by atoms with E-state index in [2.05, 4.69) is 31.8 Å². The number of nitrogens with zero attached hydrogens (tertiary/aromatic N) is 1. The molecule has 1 aromatic heterocycles. The third-order valence-electron chi connectivity index (χ3n) is 2.86. The summed E-state index contributed by atoms with van der Waals surface area (Å²) < 4.78 is 5.88. The molecule has 0 radical (unpaired) electrons. The van der Waals surface area contributed by atoms with Crippen LogP contribution < -0.4 is 4.74 Å². The maximum atomic E-state index is 5.88. The van der Waals surface area contributed by atoms with Crippen molar-refractivity contribution in [3.63, 3.8) is 0 Å². The van der Waals surface area contributed by atoms with Crippen LogP contribution in [0.15, 0.2) is 42.6 Å². The highest BCUT2D eigenvalue weighted by atomic mass is 35.5. The highest BCUT2D eigenvalue weighted by Crippen LogP contribution is 2.33. The lowest BCUT2D eigenvalue weighted by Crippen LogP contribution is -2.12. The van der Waals surface area contributed by atoms with Crippen LogP contribution in [0.25, 0.3) is 0 Å². The Bertz CT molecular complexity index is 543. The van der Waals surface area contributed by atoms with Gasteiger partial charge in [0.05, 0.1) is 0 Å². The molecule has 2 nitrogen and oxygen atoms in total. The average Bonchev–Trinajstić information content (AvgIpc) is 2.39. The van der Waals surface area contributed by atoms with Gasteiger partial charge in [-0.3, -0.25) is 0 Å². The molecular weight excluding hydrogens is 258 g/mol. The fraction of sp³-hybridized carbons (Fsp3) is 0.312. The van der Waals surface area contributed by atoms with E-state index in [0.717, 1.165) is 11.3 Å². The van der Waals surface area contributed by atoms with Gasteiger partial charge < -0.3 is 4.74 Å². The van der Waals surface area contributed by atoms with Crippen molar-refractivity contribution in [2.24, 2.45) is 0 Å². The Morgan fingerprint density at radius 2 is 1.84 bits per heavy atom. The summed E-state index contributed by atoms with van der Waals surface area (Å²) in [7, 11) is 0. The number of hydrogen-bond donors (Lipinski definition) is 0. The van der Waals surface area contributed by atoms with E-state index >= 15 is 0 Å². The van der Waals surface area contributed by atoms with Gasteiger partial charge in [0.2, 0.25) is 5.88 Å². The highest BCUT2D eigenvalue weighted by Gasteiger charge is 2.18. The summed E-state index contributed by atoms with van der Waals surface area (Å²) in [6, 6.07) is 11.8. The molecular formula is C16H18ClNO. The standard InChI is InChI=1S/C16H18ClNO/c1-16(2,3)13-6-4-5-7-14(13)19-15-9-8-12(10-17)11-18-15/h4-9,11H,10H2,1-3H3. The molecule has 0 unspecified atom stereocenters. The second kappa shape index (κ2) is 5.62. The van der Waals surface area contributed by atoms with Crippen LogP contribution >= 0.6 is 11.6 Å². The normalized spacial score (nSPS) is 11.4. The number of ether oxygens (including phenoxy) is 1. The first-order valence-corrected chi connectivity index (χ1v) is 6.82. The second-order valence-corrected chi connectivity index (χ2v) is 5.75. The van der Waals surface area contributed by atoms with E-state index in [4.69, 9.17) is 16.3 Å². The molecule has 2 rings (SSSR count). The summed E-state index contributed by atoms with van der Waals surface area (Å²) in [6.45, 7) is 6.50. The lowest BCUT2D eigenvalue weighted by atomic mass is 9.86. The minimum absolute atomic E-state index is 0.0344. The summed E-state index contributed by atoms with van der Waals surface area (Å²) >= 11 is 5.74. The number of aromatic nitrogens is 1. The molecule has 1 aromatic carbocycles. The summed E-state index contributed by atoms with van der Waals surface area (Å²) in [4.78, 5) is 4.26. The quantitative estimate of drug-likeness (QED) is 0.743. The van der Waals surface area contributed by atoms with Crippen molar-refractivity contribution in [3.8, 4) is 11.6 Å². The predicted molar refractivity (Wildman–Crippen MR) is 79.0 cm³/mol. The number of benzene rings is 1. The van der Waals surface area contributed by atoms with E-state index in [1.807, 2.05) is 30.3 Å². The van der Waals surface area contributed by atoms with Crippen molar-refractivity contribution in [2.75, 3.05) is 0 Å². The second-order valence-electron chi connectivity index (χ2n) is 5.49. The third-order valence-corrected chi connectivity index (χ3v) is 3.17. The van der Waals surface area contributed by atoms with Crippen molar-refractivity contribution in [1.29, 1.82) is 0 Å². The largest absolute Gasteiger partial charge is 0.439 e. The molecule has 1 heterocycles. The third kappa shape index (κ3) is 3.48. The van der Waals surface area contributed by atoms with Gasteiger partial charge in [-0.2, -0.15) is 0 Å². The van der Waals surface area contributed by atoms with Crippen molar-refractivity contribution in [3.05, 3.63) is 53.7 Å². The first-order chi connectivity index (χ1) is 9.00. The molecule has 0 amide bonds. The number of halogens is 1. The Balaban J connectivity index is 2.28. The van der Waals surface area contributed by atoms with Gasteiger partial charge in [-0.1, -0.05) is 45.0 Å². The molecule has 0 saturated heterocycles. The van der Waals surface area contributed by atoms with Gasteiger partial charge in [0, 0.05) is 23.7 Å². The van der Waals surface area contributed by atoms with E-state index < -0.39 is 0 Å². The number of pyridine rings is 1. The zero-order valence-corrected chi connectivity index (χ0v) is 12.2. The molecule has 3 heteroatoms. The van der Waals surface area contributed by atoms with E-state index in [1.54, 1.807) is 6.20 Å². The van der Waals surface area contributed by atoms with Crippen molar-refractivity contribution >= 4 is 11.6 Å².